The Morgan fingerprint density at radius 2 is 1.85 bits per heavy atom. The van der Waals surface area contributed by atoms with Crippen molar-refractivity contribution in [1.82, 2.24) is 9.80 Å². The zero-order chi connectivity index (χ0) is 14.1. The van der Waals surface area contributed by atoms with Crippen LogP contribution >= 0.6 is 0 Å². The maximum Gasteiger partial charge on any atom is 0.130 e. The number of rotatable bonds is 4. The number of benzene rings is 1. The molecule has 5 heteroatoms. The summed E-state index contributed by atoms with van der Waals surface area (Å²) in [5.74, 6) is -1.04. The fraction of sp³-hybridized carbons (Fsp3) is 0.600. The molecular weight excluding hydrogens is 260 g/mol. The molecule has 2 aliphatic rings. The van der Waals surface area contributed by atoms with Crippen molar-refractivity contribution in [1.29, 1.82) is 0 Å². The highest BCUT2D eigenvalue weighted by Gasteiger charge is 2.33. The van der Waals surface area contributed by atoms with E-state index >= 15 is 0 Å². The molecule has 1 unspecified atom stereocenters. The molecule has 1 saturated heterocycles. The predicted octanol–water partition coefficient (Wildman–Crippen LogP) is 1.74. The van der Waals surface area contributed by atoms with E-state index in [9.17, 15) is 8.78 Å². The SMILES string of the molecule is NCC(c1ccc(F)cc1F)N1CCN(C2CC2)CC1. The van der Waals surface area contributed by atoms with Crippen LogP contribution in [0.25, 0.3) is 0 Å². The van der Waals surface area contributed by atoms with Gasteiger partial charge in [0, 0.05) is 50.4 Å². The predicted molar refractivity (Wildman–Crippen MR) is 74.3 cm³/mol. The molecule has 110 valence electrons. The van der Waals surface area contributed by atoms with Crippen molar-refractivity contribution in [2.75, 3.05) is 32.7 Å². The normalized spacial score (nSPS) is 22.9. The monoisotopic (exact) mass is 281 g/mol. The summed E-state index contributed by atoms with van der Waals surface area (Å²) >= 11 is 0. The molecule has 0 spiro atoms. The van der Waals surface area contributed by atoms with Gasteiger partial charge in [0.2, 0.25) is 0 Å². The summed E-state index contributed by atoms with van der Waals surface area (Å²) in [6.07, 6.45) is 2.62. The average molecular weight is 281 g/mol. The second-order valence-electron chi connectivity index (χ2n) is 5.72. The zero-order valence-electron chi connectivity index (χ0n) is 11.6. The maximum absolute atomic E-state index is 13.9. The largest absolute Gasteiger partial charge is 0.329 e. The van der Waals surface area contributed by atoms with Crippen molar-refractivity contribution in [3.63, 3.8) is 0 Å². The number of hydrogen-bond acceptors (Lipinski definition) is 3. The topological polar surface area (TPSA) is 32.5 Å². The van der Waals surface area contributed by atoms with Crippen LogP contribution in [0.4, 0.5) is 8.78 Å². The third kappa shape index (κ3) is 2.85. The van der Waals surface area contributed by atoms with Crippen LogP contribution in [0, 0.1) is 11.6 Å². The highest BCUT2D eigenvalue weighted by atomic mass is 19.1. The first-order chi connectivity index (χ1) is 9.69. The zero-order valence-corrected chi connectivity index (χ0v) is 11.6. The van der Waals surface area contributed by atoms with Gasteiger partial charge in [0.1, 0.15) is 11.6 Å². The Labute approximate surface area is 118 Å². The minimum Gasteiger partial charge on any atom is -0.329 e. The summed E-state index contributed by atoms with van der Waals surface area (Å²) in [5, 5.41) is 0. The molecule has 0 aromatic heterocycles. The molecule has 1 aliphatic carbocycles. The van der Waals surface area contributed by atoms with Crippen molar-refractivity contribution in [3.05, 3.63) is 35.4 Å². The summed E-state index contributed by atoms with van der Waals surface area (Å²) in [5.41, 5.74) is 6.34. The Morgan fingerprint density at radius 3 is 2.40 bits per heavy atom. The number of nitrogens with zero attached hydrogens (tertiary/aromatic N) is 2. The molecule has 1 aromatic carbocycles. The Balaban J connectivity index is 1.69. The molecule has 2 N–H and O–H groups in total. The molecule has 1 atom stereocenters. The average Bonchev–Trinajstić information content (AvgIpc) is 3.27. The van der Waals surface area contributed by atoms with Crippen LogP contribution in [0.2, 0.25) is 0 Å². The van der Waals surface area contributed by atoms with Crippen molar-refractivity contribution >= 4 is 0 Å². The van der Waals surface area contributed by atoms with E-state index in [4.69, 9.17) is 5.73 Å². The van der Waals surface area contributed by atoms with Crippen molar-refractivity contribution in [2.24, 2.45) is 5.73 Å². The molecule has 3 nitrogen and oxygen atoms in total. The number of hydrogen-bond donors (Lipinski definition) is 1. The summed E-state index contributed by atoms with van der Waals surface area (Å²) < 4.78 is 26.9. The van der Waals surface area contributed by atoms with Gasteiger partial charge >= 0.3 is 0 Å². The van der Waals surface area contributed by atoms with E-state index in [0.717, 1.165) is 38.3 Å². The van der Waals surface area contributed by atoms with Gasteiger partial charge in [0.15, 0.2) is 0 Å². The summed E-state index contributed by atoms with van der Waals surface area (Å²) in [6, 6.07) is 4.39. The van der Waals surface area contributed by atoms with Gasteiger partial charge in [0.25, 0.3) is 0 Å². The van der Waals surface area contributed by atoms with E-state index in [2.05, 4.69) is 9.80 Å². The third-order valence-corrected chi connectivity index (χ3v) is 4.40. The smallest absolute Gasteiger partial charge is 0.130 e. The van der Waals surface area contributed by atoms with Crippen LogP contribution < -0.4 is 5.73 Å². The van der Waals surface area contributed by atoms with Gasteiger partial charge in [-0.3, -0.25) is 9.80 Å². The highest BCUT2D eigenvalue weighted by Crippen LogP contribution is 2.30. The number of piperazine rings is 1. The van der Waals surface area contributed by atoms with Crippen LogP contribution in [-0.2, 0) is 0 Å². The Kier molecular flexibility index (Phi) is 4.01. The van der Waals surface area contributed by atoms with Gasteiger partial charge < -0.3 is 5.73 Å². The summed E-state index contributed by atoms with van der Waals surface area (Å²) in [6.45, 7) is 4.18. The second kappa shape index (κ2) is 5.76. The van der Waals surface area contributed by atoms with Crippen LogP contribution in [-0.4, -0.2) is 48.6 Å². The fourth-order valence-electron chi connectivity index (χ4n) is 3.10. The van der Waals surface area contributed by atoms with E-state index in [1.54, 1.807) is 0 Å². The standard InChI is InChI=1S/C15H21F2N3/c16-11-1-4-13(14(17)9-11)15(10-18)20-7-5-19(6-8-20)12-2-3-12/h1,4,9,12,15H,2-3,5-8,10,18H2. The lowest BCUT2D eigenvalue weighted by Gasteiger charge is -2.39. The fourth-order valence-corrected chi connectivity index (χ4v) is 3.10. The molecule has 1 aromatic rings. The van der Waals surface area contributed by atoms with E-state index in [1.807, 2.05) is 0 Å². The minimum atomic E-state index is -0.541. The van der Waals surface area contributed by atoms with Gasteiger partial charge in [-0.2, -0.15) is 0 Å². The molecule has 1 saturated carbocycles. The van der Waals surface area contributed by atoms with Gasteiger partial charge in [-0.25, -0.2) is 8.78 Å². The first-order valence-electron chi connectivity index (χ1n) is 7.32. The van der Waals surface area contributed by atoms with Gasteiger partial charge in [-0.05, 0) is 18.9 Å². The van der Waals surface area contributed by atoms with Crippen LogP contribution in [0.3, 0.4) is 0 Å². The molecule has 20 heavy (non-hydrogen) atoms. The lowest BCUT2D eigenvalue weighted by atomic mass is 10.0. The third-order valence-electron chi connectivity index (χ3n) is 4.40. The Bertz CT molecular complexity index is 468. The van der Waals surface area contributed by atoms with E-state index in [-0.39, 0.29) is 6.04 Å². The van der Waals surface area contributed by atoms with Crippen molar-refractivity contribution in [2.45, 2.75) is 24.9 Å². The van der Waals surface area contributed by atoms with Crippen LogP contribution in [0.15, 0.2) is 18.2 Å². The molecule has 0 bridgehead atoms. The van der Waals surface area contributed by atoms with E-state index in [1.165, 1.54) is 25.0 Å². The number of nitrogens with two attached hydrogens (primary N) is 1. The number of halogens is 2. The second-order valence-corrected chi connectivity index (χ2v) is 5.72. The van der Waals surface area contributed by atoms with E-state index < -0.39 is 11.6 Å². The van der Waals surface area contributed by atoms with Gasteiger partial charge in [-0.15, -0.1) is 0 Å². The van der Waals surface area contributed by atoms with Crippen molar-refractivity contribution in [3.8, 4) is 0 Å². The summed E-state index contributed by atoms with van der Waals surface area (Å²) in [7, 11) is 0. The Hall–Kier alpha value is -1.04. The van der Waals surface area contributed by atoms with Crippen LogP contribution in [0.5, 0.6) is 0 Å². The lowest BCUT2D eigenvalue weighted by Crippen LogP contribution is -2.49. The van der Waals surface area contributed by atoms with Crippen LogP contribution in [0.1, 0.15) is 24.4 Å². The highest BCUT2D eigenvalue weighted by molar-refractivity contribution is 5.23. The van der Waals surface area contributed by atoms with Crippen molar-refractivity contribution < 1.29 is 8.78 Å². The van der Waals surface area contributed by atoms with E-state index in [0.29, 0.717) is 12.1 Å². The molecule has 0 radical (unpaired) electrons. The van der Waals surface area contributed by atoms with Gasteiger partial charge in [-0.1, -0.05) is 6.07 Å². The molecular formula is C15H21F2N3. The first kappa shape index (κ1) is 13.9. The molecule has 0 amide bonds. The van der Waals surface area contributed by atoms with Gasteiger partial charge in [0.05, 0.1) is 6.04 Å². The first-order valence-corrected chi connectivity index (χ1v) is 7.32. The minimum absolute atomic E-state index is 0.156. The molecule has 1 aliphatic heterocycles. The maximum atomic E-state index is 13.9. The summed E-state index contributed by atoms with van der Waals surface area (Å²) in [4.78, 5) is 4.72. The quantitative estimate of drug-likeness (QED) is 0.912. The molecule has 3 rings (SSSR count). The molecule has 1 heterocycles. The Morgan fingerprint density at radius 1 is 1.15 bits per heavy atom. The molecule has 2 fully saturated rings. The lowest BCUT2D eigenvalue weighted by molar-refractivity contribution is 0.0924.